The normalized spacial score (nSPS) is 26.7. The summed E-state index contributed by atoms with van der Waals surface area (Å²) >= 11 is 3.73. The van der Waals surface area contributed by atoms with Crippen LogP contribution in [-0.2, 0) is 0 Å². The fourth-order valence-corrected chi connectivity index (χ4v) is 2.49. The second-order valence-corrected chi connectivity index (χ2v) is 5.55. The van der Waals surface area contributed by atoms with Crippen LogP contribution in [0.15, 0.2) is 18.3 Å². The maximum atomic E-state index is 4.47. The SMILES string of the molecule is Cc1cccnc1N1CCC(Br)C(C)C1. The van der Waals surface area contributed by atoms with Crippen LogP contribution in [0.5, 0.6) is 0 Å². The van der Waals surface area contributed by atoms with Gasteiger partial charge in [-0.25, -0.2) is 4.98 Å². The molecule has 82 valence electrons. The Morgan fingerprint density at radius 2 is 2.33 bits per heavy atom. The smallest absolute Gasteiger partial charge is 0.131 e. The Kier molecular flexibility index (Phi) is 3.29. The summed E-state index contributed by atoms with van der Waals surface area (Å²) in [4.78, 5) is 7.54. The van der Waals surface area contributed by atoms with Crippen molar-refractivity contribution in [2.75, 3.05) is 18.0 Å². The van der Waals surface area contributed by atoms with Crippen molar-refractivity contribution < 1.29 is 0 Å². The highest BCUT2D eigenvalue weighted by molar-refractivity contribution is 9.09. The molecule has 0 aromatic carbocycles. The van der Waals surface area contributed by atoms with E-state index < -0.39 is 0 Å². The molecule has 2 heterocycles. The van der Waals surface area contributed by atoms with Gasteiger partial charge in [0.2, 0.25) is 0 Å². The number of hydrogen-bond acceptors (Lipinski definition) is 2. The maximum absolute atomic E-state index is 4.47. The summed E-state index contributed by atoms with van der Waals surface area (Å²) < 4.78 is 0. The molecule has 0 bridgehead atoms. The number of aryl methyl sites for hydroxylation is 1. The van der Waals surface area contributed by atoms with Gasteiger partial charge in [0.25, 0.3) is 0 Å². The molecule has 0 aliphatic carbocycles. The zero-order valence-corrected chi connectivity index (χ0v) is 10.9. The monoisotopic (exact) mass is 268 g/mol. The van der Waals surface area contributed by atoms with Gasteiger partial charge in [0.1, 0.15) is 5.82 Å². The van der Waals surface area contributed by atoms with Crippen LogP contribution in [0.1, 0.15) is 18.9 Å². The highest BCUT2D eigenvalue weighted by atomic mass is 79.9. The Hall–Kier alpha value is -0.570. The molecular formula is C12H17BrN2. The van der Waals surface area contributed by atoms with E-state index in [0.717, 1.165) is 18.9 Å². The molecule has 1 aliphatic heterocycles. The first kappa shape index (κ1) is 10.9. The van der Waals surface area contributed by atoms with Crippen LogP contribution in [0.4, 0.5) is 5.82 Å². The highest BCUT2D eigenvalue weighted by Crippen LogP contribution is 2.27. The summed E-state index contributed by atoms with van der Waals surface area (Å²) in [6, 6.07) is 4.13. The summed E-state index contributed by atoms with van der Waals surface area (Å²) in [5, 5.41) is 0. The molecule has 0 radical (unpaired) electrons. The van der Waals surface area contributed by atoms with Gasteiger partial charge >= 0.3 is 0 Å². The quantitative estimate of drug-likeness (QED) is 0.728. The van der Waals surface area contributed by atoms with E-state index in [9.17, 15) is 0 Å². The third-order valence-electron chi connectivity index (χ3n) is 3.08. The first-order valence-electron chi connectivity index (χ1n) is 5.49. The summed E-state index contributed by atoms with van der Waals surface area (Å²) in [7, 11) is 0. The number of pyridine rings is 1. The van der Waals surface area contributed by atoms with Crippen molar-refractivity contribution >= 4 is 21.7 Å². The number of anilines is 1. The minimum Gasteiger partial charge on any atom is -0.356 e. The average molecular weight is 269 g/mol. The van der Waals surface area contributed by atoms with Gasteiger partial charge in [-0.15, -0.1) is 0 Å². The molecule has 0 spiro atoms. The van der Waals surface area contributed by atoms with Gasteiger partial charge in [-0.2, -0.15) is 0 Å². The minimum absolute atomic E-state index is 0.665. The van der Waals surface area contributed by atoms with Crippen LogP contribution in [-0.4, -0.2) is 22.9 Å². The predicted octanol–water partition coefficient (Wildman–Crippen LogP) is 3.00. The standard InChI is InChI=1S/C12H17BrN2/c1-9-4-3-6-14-12(9)15-7-5-11(13)10(2)8-15/h3-4,6,10-11H,5,7-8H2,1-2H3. The van der Waals surface area contributed by atoms with Crippen molar-refractivity contribution in [3.63, 3.8) is 0 Å². The average Bonchev–Trinajstić information content (AvgIpc) is 2.23. The van der Waals surface area contributed by atoms with E-state index in [1.807, 2.05) is 12.3 Å². The Labute approximate surface area is 99.8 Å². The zero-order chi connectivity index (χ0) is 10.8. The van der Waals surface area contributed by atoms with Crippen LogP contribution in [0.3, 0.4) is 0 Å². The van der Waals surface area contributed by atoms with Crippen molar-refractivity contribution in [1.29, 1.82) is 0 Å². The molecule has 1 fully saturated rings. The molecule has 0 amide bonds. The Morgan fingerprint density at radius 3 is 3.00 bits per heavy atom. The van der Waals surface area contributed by atoms with Gasteiger partial charge in [0.15, 0.2) is 0 Å². The van der Waals surface area contributed by atoms with E-state index in [4.69, 9.17) is 0 Å². The zero-order valence-electron chi connectivity index (χ0n) is 9.28. The van der Waals surface area contributed by atoms with E-state index >= 15 is 0 Å². The molecule has 15 heavy (non-hydrogen) atoms. The van der Waals surface area contributed by atoms with E-state index in [2.05, 4.69) is 45.7 Å². The lowest BCUT2D eigenvalue weighted by Gasteiger charge is -2.35. The summed E-state index contributed by atoms with van der Waals surface area (Å²) in [5.74, 6) is 1.85. The number of hydrogen-bond donors (Lipinski definition) is 0. The van der Waals surface area contributed by atoms with Crippen LogP contribution in [0.2, 0.25) is 0 Å². The summed E-state index contributed by atoms with van der Waals surface area (Å²) in [6.07, 6.45) is 3.09. The second-order valence-electron chi connectivity index (χ2n) is 4.37. The van der Waals surface area contributed by atoms with Crippen molar-refractivity contribution in [2.24, 2.45) is 5.92 Å². The maximum Gasteiger partial charge on any atom is 0.131 e. The number of alkyl halides is 1. The van der Waals surface area contributed by atoms with E-state index in [1.54, 1.807) is 0 Å². The molecule has 1 saturated heterocycles. The van der Waals surface area contributed by atoms with Crippen LogP contribution in [0, 0.1) is 12.8 Å². The molecule has 2 atom stereocenters. The van der Waals surface area contributed by atoms with Crippen LogP contribution < -0.4 is 4.90 Å². The van der Waals surface area contributed by atoms with Crippen LogP contribution >= 0.6 is 15.9 Å². The molecule has 1 aromatic heterocycles. The van der Waals surface area contributed by atoms with Gasteiger partial charge in [0.05, 0.1) is 0 Å². The topological polar surface area (TPSA) is 16.1 Å². The Bertz CT molecular complexity index is 340. The molecule has 0 N–H and O–H groups in total. The molecule has 3 heteroatoms. The third-order valence-corrected chi connectivity index (χ3v) is 4.44. The van der Waals surface area contributed by atoms with Crippen molar-refractivity contribution in [2.45, 2.75) is 25.1 Å². The highest BCUT2D eigenvalue weighted by Gasteiger charge is 2.25. The van der Waals surface area contributed by atoms with Gasteiger partial charge in [-0.05, 0) is 30.9 Å². The van der Waals surface area contributed by atoms with Crippen LogP contribution in [0.25, 0.3) is 0 Å². The van der Waals surface area contributed by atoms with Gasteiger partial charge in [0, 0.05) is 24.1 Å². The van der Waals surface area contributed by atoms with Crippen molar-refractivity contribution in [1.82, 2.24) is 4.98 Å². The largest absolute Gasteiger partial charge is 0.356 e. The van der Waals surface area contributed by atoms with E-state index in [-0.39, 0.29) is 0 Å². The molecule has 1 aliphatic rings. The Morgan fingerprint density at radius 1 is 1.53 bits per heavy atom. The second kappa shape index (κ2) is 4.52. The summed E-state index contributed by atoms with van der Waals surface area (Å²) in [5.41, 5.74) is 1.28. The van der Waals surface area contributed by atoms with Crippen molar-refractivity contribution in [3.05, 3.63) is 23.9 Å². The Balaban J connectivity index is 2.15. The fourth-order valence-electron chi connectivity index (χ4n) is 2.12. The van der Waals surface area contributed by atoms with Crippen molar-refractivity contribution in [3.8, 4) is 0 Å². The minimum atomic E-state index is 0.665. The number of piperidine rings is 1. The van der Waals surface area contributed by atoms with Gasteiger partial charge in [-0.1, -0.05) is 28.9 Å². The number of halogens is 1. The summed E-state index contributed by atoms with van der Waals surface area (Å²) in [6.45, 7) is 6.64. The predicted molar refractivity (Wildman–Crippen MR) is 67.7 cm³/mol. The molecule has 1 aromatic rings. The lowest BCUT2D eigenvalue weighted by molar-refractivity contribution is 0.463. The molecule has 2 nitrogen and oxygen atoms in total. The first-order valence-corrected chi connectivity index (χ1v) is 6.40. The van der Waals surface area contributed by atoms with Gasteiger partial charge in [-0.3, -0.25) is 0 Å². The molecule has 2 rings (SSSR count). The number of rotatable bonds is 1. The lowest BCUT2D eigenvalue weighted by atomic mass is 10.00. The van der Waals surface area contributed by atoms with Gasteiger partial charge < -0.3 is 4.90 Å². The van der Waals surface area contributed by atoms with E-state index in [1.165, 1.54) is 12.0 Å². The fraction of sp³-hybridized carbons (Fsp3) is 0.583. The molecule has 0 saturated carbocycles. The third kappa shape index (κ3) is 2.33. The van der Waals surface area contributed by atoms with E-state index in [0.29, 0.717) is 10.7 Å². The molecule has 2 unspecified atom stereocenters. The molecular weight excluding hydrogens is 252 g/mol. The first-order chi connectivity index (χ1) is 7.18. The lowest BCUT2D eigenvalue weighted by Crippen LogP contribution is -2.40. The number of nitrogens with zero attached hydrogens (tertiary/aromatic N) is 2. The number of aromatic nitrogens is 1.